The second-order valence-corrected chi connectivity index (χ2v) is 15.4. The number of imidazole rings is 1. The van der Waals surface area contributed by atoms with E-state index in [1.165, 1.54) is 4.57 Å². The first-order valence-corrected chi connectivity index (χ1v) is 19.9. The molecule has 0 spiro atoms. The number of carbonyl (C=O) groups is 4. The molecule has 0 radical (unpaired) electrons. The third kappa shape index (κ3) is 8.96. The summed E-state index contributed by atoms with van der Waals surface area (Å²) in [4.78, 5) is 70.9. The molecule has 4 aromatic rings. The molecule has 2 N–H and O–H groups in total. The number of hydrogen-bond acceptors (Lipinski definition) is 8. The van der Waals surface area contributed by atoms with E-state index < -0.39 is 24.9 Å². The highest BCUT2D eigenvalue weighted by atomic mass is 19.4. The summed E-state index contributed by atoms with van der Waals surface area (Å²) in [6.45, 7) is 3.17. The number of nitrogens with zero attached hydrogens (tertiary/aromatic N) is 5. The molecule has 0 bridgehead atoms. The van der Waals surface area contributed by atoms with Crippen LogP contribution in [0.3, 0.4) is 0 Å². The number of aryl methyl sites for hydroxylation is 2. The minimum absolute atomic E-state index is 0.0495. The summed E-state index contributed by atoms with van der Waals surface area (Å²) in [6, 6.07) is 12.3. The Kier molecular flexibility index (Phi) is 12.0. The number of rotatable bonds is 14. The lowest BCUT2D eigenvalue weighted by molar-refractivity contribution is -0.325. The maximum absolute atomic E-state index is 13.2. The number of piperidine rings is 2. The van der Waals surface area contributed by atoms with Crippen LogP contribution >= 0.6 is 0 Å². The lowest BCUT2D eigenvalue weighted by atomic mass is 9.95. The molecule has 2 aromatic heterocycles. The van der Waals surface area contributed by atoms with E-state index >= 15 is 0 Å². The molecule has 2 saturated heterocycles. The first-order valence-electron chi connectivity index (χ1n) is 19.9. The summed E-state index contributed by atoms with van der Waals surface area (Å²) in [5.74, 6) is -0.252. The largest absolute Gasteiger partial charge is 0.522 e. The monoisotopic (exact) mass is 803 g/mol. The van der Waals surface area contributed by atoms with E-state index in [1.54, 1.807) is 41.8 Å². The van der Waals surface area contributed by atoms with Gasteiger partial charge in [0.1, 0.15) is 11.9 Å². The number of anilines is 1. The summed E-state index contributed by atoms with van der Waals surface area (Å²) < 4.78 is 46.4. The number of hydrogen-bond donors (Lipinski definition) is 2. The Morgan fingerprint density at radius 3 is 2.50 bits per heavy atom. The van der Waals surface area contributed by atoms with Gasteiger partial charge in [0.25, 0.3) is 11.5 Å². The van der Waals surface area contributed by atoms with Crippen molar-refractivity contribution >= 4 is 40.3 Å². The number of ether oxygens (including phenoxy) is 1. The minimum atomic E-state index is -4.76. The molecule has 2 fully saturated rings. The normalized spacial score (nSPS) is 17.6. The maximum Gasteiger partial charge on any atom is 0.522 e. The van der Waals surface area contributed by atoms with Gasteiger partial charge in [-0.05, 0) is 80.5 Å². The third-order valence-electron chi connectivity index (χ3n) is 11.5. The SMILES string of the molecule is Cc1cc(-c2ccc3nc(C4CCN(C(=O)CCCCCCNc5cccc6c5CN(C5CCC(=O)NC5=O)C6=O)CC4)n(CCOC(F)(F)F)c3c2)cn(C)c1=O. The Morgan fingerprint density at radius 2 is 1.76 bits per heavy atom. The smallest absolute Gasteiger partial charge is 0.385 e. The summed E-state index contributed by atoms with van der Waals surface area (Å²) in [7, 11) is 1.68. The van der Waals surface area contributed by atoms with E-state index in [4.69, 9.17) is 4.98 Å². The van der Waals surface area contributed by atoms with Gasteiger partial charge in [0.2, 0.25) is 17.7 Å². The van der Waals surface area contributed by atoms with Gasteiger partial charge in [-0.25, -0.2) is 4.98 Å². The first-order chi connectivity index (χ1) is 27.8. The molecular weight excluding hydrogens is 755 g/mol. The fourth-order valence-corrected chi connectivity index (χ4v) is 8.43. The lowest BCUT2D eigenvalue weighted by Crippen LogP contribution is -2.52. The number of amides is 4. The number of likely N-dealkylation sites (tertiary alicyclic amines) is 1. The zero-order valence-electron chi connectivity index (χ0n) is 32.7. The Balaban J connectivity index is 0.887. The Labute approximate surface area is 333 Å². The van der Waals surface area contributed by atoms with Crippen molar-refractivity contribution in [2.45, 2.75) is 96.1 Å². The van der Waals surface area contributed by atoms with E-state index in [9.17, 15) is 37.1 Å². The summed E-state index contributed by atoms with van der Waals surface area (Å²) >= 11 is 0. The molecule has 58 heavy (non-hydrogen) atoms. The van der Waals surface area contributed by atoms with Crippen LogP contribution in [-0.2, 0) is 39.3 Å². The van der Waals surface area contributed by atoms with Gasteiger partial charge in [0.15, 0.2) is 0 Å². The zero-order chi connectivity index (χ0) is 41.1. The molecule has 4 amide bonds. The van der Waals surface area contributed by atoms with Crippen LogP contribution in [0.4, 0.5) is 18.9 Å². The highest BCUT2D eigenvalue weighted by Crippen LogP contribution is 2.34. The lowest BCUT2D eigenvalue weighted by Gasteiger charge is -2.32. The second kappa shape index (κ2) is 17.1. The molecule has 0 saturated carbocycles. The van der Waals surface area contributed by atoms with Gasteiger partial charge < -0.3 is 24.3 Å². The Hall–Kier alpha value is -5.51. The number of carbonyl (C=O) groups excluding carboxylic acids is 4. The van der Waals surface area contributed by atoms with Gasteiger partial charge in [0.05, 0.1) is 17.6 Å². The average molecular weight is 804 g/mol. The fourth-order valence-electron chi connectivity index (χ4n) is 8.43. The summed E-state index contributed by atoms with van der Waals surface area (Å²) in [5.41, 5.74) is 5.69. The van der Waals surface area contributed by atoms with Crippen LogP contribution in [0, 0.1) is 6.92 Å². The number of alkyl halides is 3. The van der Waals surface area contributed by atoms with E-state index in [0.29, 0.717) is 79.8 Å². The molecule has 3 aliphatic rings. The number of benzene rings is 2. The Bertz CT molecular complexity index is 2250. The van der Waals surface area contributed by atoms with E-state index in [-0.39, 0.29) is 42.2 Å². The minimum Gasteiger partial charge on any atom is -0.385 e. The van der Waals surface area contributed by atoms with Crippen LogP contribution in [0.15, 0.2) is 53.5 Å². The van der Waals surface area contributed by atoms with Crippen molar-refractivity contribution < 1.29 is 37.1 Å². The van der Waals surface area contributed by atoms with Crippen LogP contribution in [0.25, 0.3) is 22.2 Å². The molecule has 2 aromatic carbocycles. The van der Waals surface area contributed by atoms with Crippen LogP contribution in [0.5, 0.6) is 0 Å². The average Bonchev–Trinajstić information content (AvgIpc) is 3.73. The number of aromatic nitrogens is 3. The second-order valence-electron chi connectivity index (χ2n) is 15.4. The molecule has 16 heteroatoms. The molecule has 13 nitrogen and oxygen atoms in total. The maximum atomic E-state index is 13.2. The van der Waals surface area contributed by atoms with E-state index in [2.05, 4.69) is 15.4 Å². The van der Waals surface area contributed by atoms with Crippen molar-refractivity contribution in [3.05, 3.63) is 81.5 Å². The van der Waals surface area contributed by atoms with Crippen molar-refractivity contribution in [3.8, 4) is 11.1 Å². The topological polar surface area (TPSA) is 148 Å². The molecule has 1 unspecified atom stereocenters. The number of imide groups is 1. The molecule has 3 aliphatic heterocycles. The fraction of sp³-hybridized carbons (Fsp3) is 0.476. The number of nitrogens with one attached hydrogen (secondary N) is 2. The summed E-state index contributed by atoms with van der Waals surface area (Å²) in [5, 5.41) is 5.77. The molecule has 5 heterocycles. The highest BCUT2D eigenvalue weighted by Gasteiger charge is 2.40. The number of unbranched alkanes of at least 4 members (excludes halogenated alkanes) is 3. The van der Waals surface area contributed by atoms with E-state index in [1.807, 2.05) is 35.2 Å². The van der Waals surface area contributed by atoms with Gasteiger partial charge in [-0.15, -0.1) is 13.2 Å². The molecule has 1 atom stereocenters. The molecule has 308 valence electrons. The molecule has 7 rings (SSSR count). The Morgan fingerprint density at radius 1 is 0.983 bits per heavy atom. The van der Waals surface area contributed by atoms with Crippen molar-refractivity contribution in [1.29, 1.82) is 0 Å². The predicted octanol–water partition coefficient (Wildman–Crippen LogP) is 5.78. The van der Waals surface area contributed by atoms with Crippen molar-refractivity contribution in [2.24, 2.45) is 7.05 Å². The standard InChI is InChI=1S/C42H48F3N7O6/c1-26-22-29(24-49(2)40(26)56)28-11-12-33-35(23-28)51(20-21-58-42(43,44)45)38(47-33)27-15-18-50(19-16-27)37(54)10-5-3-4-6-17-46-32-9-7-8-30-31(32)25-52(41(30)57)34-13-14-36(53)48-39(34)55/h7-9,11-12,22-24,27,34,46H,3-6,10,13-21,25H2,1-2H3,(H,48,53,55). The number of pyridine rings is 1. The van der Waals surface area contributed by atoms with Gasteiger partial charge in [-0.3, -0.25) is 34.0 Å². The third-order valence-corrected chi connectivity index (χ3v) is 11.5. The zero-order valence-corrected chi connectivity index (χ0v) is 32.7. The number of fused-ring (bicyclic) bond motifs is 2. The number of halogens is 3. The van der Waals surface area contributed by atoms with Crippen LogP contribution < -0.4 is 16.2 Å². The van der Waals surface area contributed by atoms with Crippen LogP contribution in [-0.4, -0.2) is 86.2 Å². The predicted molar refractivity (Wildman–Crippen MR) is 210 cm³/mol. The highest BCUT2D eigenvalue weighted by molar-refractivity contribution is 6.06. The van der Waals surface area contributed by atoms with Crippen LogP contribution in [0.1, 0.15) is 91.0 Å². The quantitative estimate of drug-likeness (QED) is 0.121. The van der Waals surface area contributed by atoms with Crippen molar-refractivity contribution in [2.75, 3.05) is 31.6 Å². The molecular formula is C42H48F3N7O6. The first kappa shape index (κ1) is 40.7. The summed E-state index contributed by atoms with van der Waals surface area (Å²) in [6.07, 6.45) is 2.61. The van der Waals surface area contributed by atoms with Crippen molar-refractivity contribution in [1.82, 2.24) is 29.2 Å². The van der Waals surface area contributed by atoms with Crippen LogP contribution in [0.2, 0.25) is 0 Å². The van der Waals surface area contributed by atoms with Gasteiger partial charge in [-0.2, -0.15) is 0 Å². The van der Waals surface area contributed by atoms with Gasteiger partial charge >= 0.3 is 6.36 Å². The molecule has 0 aliphatic carbocycles. The van der Waals surface area contributed by atoms with Gasteiger partial charge in [-0.1, -0.05) is 25.0 Å². The van der Waals surface area contributed by atoms with Gasteiger partial charge in [0, 0.05) is 87.1 Å². The van der Waals surface area contributed by atoms with Crippen molar-refractivity contribution in [3.63, 3.8) is 0 Å². The van der Waals surface area contributed by atoms with E-state index in [0.717, 1.165) is 48.1 Å².